The topological polar surface area (TPSA) is 27.6 Å². The quantitative estimate of drug-likeness (QED) is 0.533. The average molecular weight is 382 g/mol. The Hall–Kier alpha value is -2.20. The predicted molar refractivity (Wildman–Crippen MR) is 117 cm³/mol. The zero-order valence-corrected chi connectivity index (χ0v) is 17.6. The maximum atomic E-state index is 14.7. The van der Waals surface area contributed by atoms with Gasteiger partial charge in [-0.05, 0) is 51.7 Å². The van der Waals surface area contributed by atoms with Crippen molar-refractivity contribution in [3.63, 3.8) is 0 Å². The van der Waals surface area contributed by atoms with Gasteiger partial charge >= 0.3 is 0 Å². The minimum atomic E-state index is -0.197. The van der Waals surface area contributed by atoms with Crippen LogP contribution in [-0.2, 0) is 0 Å². The fourth-order valence-electron chi connectivity index (χ4n) is 3.99. The van der Waals surface area contributed by atoms with E-state index in [2.05, 4.69) is 29.1 Å². The number of piperazine rings is 1. The molecule has 4 heteroatoms. The van der Waals surface area contributed by atoms with E-state index >= 15 is 0 Å². The van der Waals surface area contributed by atoms with Gasteiger partial charge in [-0.15, -0.1) is 0 Å². The van der Waals surface area contributed by atoms with Gasteiger partial charge in [0, 0.05) is 53.9 Å². The van der Waals surface area contributed by atoms with Gasteiger partial charge in [-0.1, -0.05) is 37.3 Å². The van der Waals surface area contributed by atoms with Crippen molar-refractivity contribution in [1.29, 1.82) is 0 Å². The third kappa shape index (κ3) is 4.44. The first-order valence-corrected chi connectivity index (χ1v) is 10.3. The van der Waals surface area contributed by atoms with Gasteiger partial charge in [0.1, 0.15) is 5.82 Å². The second-order valence-corrected chi connectivity index (χ2v) is 7.78. The summed E-state index contributed by atoms with van der Waals surface area (Å²) in [7, 11) is 0. The molecule has 0 aromatic heterocycles. The van der Waals surface area contributed by atoms with Gasteiger partial charge in [-0.25, -0.2) is 4.39 Å². The molecule has 0 amide bonds. The molecule has 0 bridgehead atoms. The zero-order chi connectivity index (χ0) is 20.1. The van der Waals surface area contributed by atoms with Crippen LogP contribution in [0, 0.1) is 5.82 Å². The normalized spacial score (nSPS) is 20.7. The number of hydrogen-bond acceptors (Lipinski definition) is 3. The molecule has 1 saturated heterocycles. The molecule has 1 N–H and O–H groups in total. The van der Waals surface area contributed by atoms with Crippen molar-refractivity contribution in [2.75, 3.05) is 19.6 Å². The first kappa shape index (κ1) is 20.5. The molecule has 1 aromatic carbocycles. The van der Waals surface area contributed by atoms with Crippen LogP contribution < -0.4 is 5.32 Å². The van der Waals surface area contributed by atoms with Crippen LogP contribution in [0.25, 0.3) is 5.57 Å². The van der Waals surface area contributed by atoms with Crippen molar-refractivity contribution in [3.05, 3.63) is 65.3 Å². The van der Waals surface area contributed by atoms with Gasteiger partial charge in [0.25, 0.3) is 0 Å². The molecule has 1 aromatic rings. The number of aliphatic imine (C=N–C) groups is 1. The first-order chi connectivity index (χ1) is 13.5. The Morgan fingerprint density at radius 1 is 1.29 bits per heavy atom. The van der Waals surface area contributed by atoms with Crippen molar-refractivity contribution in [3.8, 4) is 0 Å². The van der Waals surface area contributed by atoms with Crippen molar-refractivity contribution < 1.29 is 4.39 Å². The maximum absolute atomic E-state index is 14.7. The Morgan fingerprint density at radius 3 is 2.68 bits per heavy atom. The Morgan fingerprint density at radius 2 is 2.04 bits per heavy atom. The fraction of sp³-hybridized carbons (Fsp3) is 0.458. The van der Waals surface area contributed by atoms with Crippen molar-refractivity contribution in [2.45, 2.75) is 52.5 Å². The van der Waals surface area contributed by atoms with E-state index in [0.717, 1.165) is 42.9 Å². The van der Waals surface area contributed by atoms with Gasteiger partial charge in [0.05, 0.1) is 0 Å². The number of rotatable bonds is 6. The summed E-state index contributed by atoms with van der Waals surface area (Å²) in [5.74, 6) is -0.197. The maximum Gasteiger partial charge on any atom is 0.131 e. The van der Waals surface area contributed by atoms with Gasteiger partial charge in [0.15, 0.2) is 0 Å². The summed E-state index contributed by atoms with van der Waals surface area (Å²) in [6.07, 6.45) is 9.33. The monoisotopic (exact) mass is 381 g/mol. The molecule has 1 aliphatic heterocycles. The molecule has 28 heavy (non-hydrogen) atoms. The summed E-state index contributed by atoms with van der Waals surface area (Å²) in [5, 5.41) is 3.67. The molecule has 150 valence electrons. The Balaban J connectivity index is 2.07. The number of halogens is 1. The second-order valence-electron chi connectivity index (χ2n) is 7.78. The highest BCUT2D eigenvalue weighted by Gasteiger charge is 2.45. The number of hydrogen-bond donors (Lipinski definition) is 1. The molecule has 2 fully saturated rings. The van der Waals surface area contributed by atoms with E-state index in [9.17, 15) is 4.39 Å². The molecule has 3 nitrogen and oxygen atoms in total. The van der Waals surface area contributed by atoms with Crippen LogP contribution in [0.1, 0.15) is 52.5 Å². The van der Waals surface area contributed by atoms with Crippen LogP contribution in [0.15, 0.2) is 58.9 Å². The molecular weight excluding hydrogens is 349 g/mol. The summed E-state index contributed by atoms with van der Waals surface area (Å²) in [6.45, 7) is 11.2. The van der Waals surface area contributed by atoms with Crippen molar-refractivity contribution in [1.82, 2.24) is 10.2 Å². The molecule has 0 atom stereocenters. The van der Waals surface area contributed by atoms with E-state index < -0.39 is 0 Å². The SMILES string of the molecule is C\C=C(C(/C(C)=N/C=C/CC)=C(/C)N1CCNC2(CC2)C1)\c1ccccc1F. The van der Waals surface area contributed by atoms with E-state index in [4.69, 9.17) is 0 Å². The fourth-order valence-corrected chi connectivity index (χ4v) is 3.99. The molecule has 0 radical (unpaired) electrons. The lowest BCUT2D eigenvalue weighted by Gasteiger charge is -2.37. The summed E-state index contributed by atoms with van der Waals surface area (Å²) in [5.41, 5.74) is 4.95. The van der Waals surface area contributed by atoms with Gasteiger partial charge < -0.3 is 10.2 Å². The molecule has 3 rings (SSSR count). The first-order valence-electron chi connectivity index (χ1n) is 10.3. The lowest BCUT2D eigenvalue weighted by atomic mass is 9.92. The highest BCUT2D eigenvalue weighted by molar-refractivity contribution is 6.12. The number of nitrogens with zero attached hydrogens (tertiary/aromatic N) is 2. The number of allylic oxidation sites excluding steroid dienone is 5. The summed E-state index contributed by atoms with van der Waals surface area (Å²) >= 11 is 0. The standard InChI is InChI=1S/C24H32FN3/c1-5-7-14-26-18(3)23(20(6-2)21-10-8-9-11-22(21)25)19(4)28-16-15-27-24(17-28)12-13-24/h6-11,14,27H,5,12-13,15-17H2,1-4H3/b14-7+,20-6-,23-19-,26-18+. The van der Waals surface area contributed by atoms with Crippen LogP contribution in [0.5, 0.6) is 0 Å². The van der Waals surface area contributed by atoms with Gasteiger partial charge in [-0.3, -0.25) is 4.99 Å². The van der Waals surface area contributed by atoms with E-state index in [1.54, 1.807) is 6.07 Å². The molecule has 0 unspecified atom stereocenters. The number of nitrogens with one attached hydrogen (secondary N) is 1. The molecule has 1 heterocycles. The van der Waals surface area contributed by atoms with Crippen LogP contribution in [0.3, 0.4) is 0 Å². The van der Waals surface area contributed by atoms with Crippen molar-refractivity contribution >= 4 is 11.3 Å². The third-order valence-electron chi connectivity index (χ3n) is 5.76. The smallest absolute Gasteiger partial charge is 0.131 e. The third-order valence-corrected chi connectivity index (χ3v) is 5.76. The molecular formula is C24H32FN3. The van der Waals surface area contributed by atoms with E-state index in [0.29, 0.717) is 5.56 Å². The highest BCUT2D eigenvalue weighted by Crippen LogP contribution is 2.39. The van der Waals surface area contributed by atoms with Crippen LogP contribution in [0.4, 0.5) is 4.39 Å². The number of benzene rings is 1. The average Bonchev–Trinajstić information content (AvgIpc) is 3.44. The minimum Gasteiger partial charge on any atom is -0.371 e. The minimum absolute atomic E-state index is 0.197. The predicted octanol–water partition coefficient (Wildman–Crippen LogP) is 5.33. The van der Waals surface area contributed by atoms with Crippen LogP contribution in [-0.4, -0.2) is 35.8 Å². The van der Waals surface area contributed by atoms with Crippen molar-refractivity contribution in [2.24, 2.45) is 4.99 Å². The second kappa shape index (κ2) is 8.87. The Labute approximate surface area is 168 Å². The summed E-state index contributed by atoms with van der Waals surface area (Å²) in [6, 6.07) is 7.01. The lowest BCUT2D eigenvalue weighted by molar-refractivity contribution is 0.234. The van der Waals surface area contributed by atoms with Crippen LogP contribution >= 0.6 is 0 Å². The van der Waals surface area contributed by atoms with Crippen LogP contribution in [0.2, 0.25) is 0 Å². The van der Waals surface area contributed by atoms with E-state index in [1.165, 1.54) is 24.6 Å². The van der Waals surface area contributed by atoms with Gasteiger partial charge in [-0.2, -0.15) is 0 Å². The Bertz CT molecular complexity index is 828. The largest absolute Gasteiger partial charge is 0.371 e. The zero-order valence-electron chi connectivity index (χ0n) is 17.6. The molecule has 2 aliphatic rings. The van der Waals surface area contributed by atoms with E-state index in [-0.39, 0.29) is 11.4 Å². The molecule has 1 saturated carbocycles. The van der Waals surface area contributed by atoms with E-state index in [1.807, 2.05) is 44.3 Å². The van der Waals surface area contributed by atoms with Gasteiger partial charge in [0.2, 0.25) is 0 Å². The highest BCUT2D eigenvalue weighted by atomic mass is 19.1. The lowest BCUT2D eigenvalue weighted by Crippen LogP contribution is -2.51. The molecule has 1 spiro atoms. The molecule has 1 aliphatic carbocycles. The summed E-state index contributed by atoms with van der Waals surface area (Å²) in [4.78, 5) is 7.13. The summed E-state index contributed by atoms with van der Waals surface area (Å²) < 4.78 is 14.7. The Kier molecular flexibility index (Phi) is 6.50.